The van der Waals surface area contributed by atoms with Crippen LogP contribution in [0.3, 0.4) is 0 Å². The topological polar surface area (TPSA) is 52.6 Å². The summed E-state index contributed by atoms with van der Waals surface area (Å²) in [6.07, 6.45) is 4.13. The highest BCUT2D eigenvalue weighted by atomic mass is 32.2. The number of thioether (sulfide) groups is 1. The molecule has 1 saturated heterocycles. The Morgan fingerprint density at radius 1 is 1.50 bits per heavy atom. The Labute approximate surface area is 136 Å². The summed E-state index contributed by atoms with van der Waals surface area (Å²) >= 11 is 1.76. The van der Waals surface area contributed by atoms with Crippen molar-refractivity contribution in [2.45, 2.75) is 63.9 Å². The van der Waals surface area contributed by atoms with Crippen LogP contribution in [0.25, 0.3) is 0 Å². The summed E-state index contributed by atoms with van der Waals surface area (Å²) < 4.78 is 11.4. The summed E-state index contributed by atoms with van der Waals surface area (Å²) in [4.78, 5) is 24.4. The number of esters is 2. The summed E-state index contributed by atoms with van der Waals surface area (Å²) in [5.41, 5.74) is -0.0867. The first kappa shape index (κ1) is 16.2. The van der Waals surface area contributed by atoms with Crippen LogP contribution in [0.5, 0.6) is 0 Å². The average molecular weight is 326 g/mol. The molecule has 6 unspecified atom stereocenters. The normalized spacial score (nSPS) is 40.7. The number of fused-ring (bicyclic) bond motifs is 1. The van der Waals surface area contributed by atoms with Crippen LogP contribution in [-0.4, -0.2) is 35.1 Å². The molecule has 4 nitrogen and oxygen atoms in total. The van der Waals surface area contributed by atoms with E-state index in [1.54, 1.807) is 11.8 Å². The molecule has 5 heteroatoms. The SMILES string of the molecule is CSC(C)(C)CC(C)C(=O)OC1C2OC(=O)C3CC1(C)CC32. The Balaban J connectivity index is 1.66. The molecule has 0 aromatic carbocycles. The van der Waals surface area contributed by atoms with Crippen molar-refractivity contribution in [1.82, 2.24) is 0 Å². The summed E-state index contributed by atoms with van der Waals surface area (Å²) in [5, 5.41) is 0. The molecule has 1 aliphatic heterocycles. The molecule has 6 atom stereocenters. The molecule has 124 valence electrons. The summed E-state index contributed by atoms with van der Waals surface area (Å²) in [5.74, 6) is -0.0849. The maximum atomic E-state index is 12.5. The van der Waals surface area contributed by atoms with Gasteiger partial charge in [-0.25, -0.2) is 0 Å². The average Bonchev–Trinajstić information content (AvgIpc) is 2.98. The van der Waals surface area contributed by atoms with Gasteiger partial charge in [-0.1, -0.05) is 27.7 Å². The highest BCUT2D eigenvalue weighted by Crippen LogP contribution is 2.62. The fourth-order valence-electron chi connectivity index (χ4n) is 4.60. The maximum absolute atomic E-state index is 12.5. The number of rotatable bonds is 5. The molecule has 2 bridgehead atoms. The lowest BCUT2D eigenvalue weighted by Gasteiger charge is -2.34. The third-order valence-corrected chi connectivity index (χ3v) is 7.13. The predicted octanol–water partition coefficient (Wildman–Crippen LogP) is 3.04. The van der Waals surface area contributed by atoms with Crippen molar-refractivity contribution in [3.63, 3.8) is 0 Å². The second-order valence-electron chi connectivity index (χ2n) is 8.16. The Morgan fingerprint density at radius 3 is 2.82 bits per heavy atom. The first-order valence-electron chi connectivity index (χ1n) is 8.13. The molecule has 1 heterocycles. The van der Waals surface area contributed by atoms with Crippen molar-refractivity contribution in [1.29, 1.82) is 0 Å². The molecule has 3 rings (SSSR count). The van der Waals surface area contributed by atoms with Gasteiger partial charge in [0.2, 0.25) is 0 Å². The monoisotopic (exact) mass is 326 g/mol. The van der Waals surface area contributed by atoms with Gasteiger partial charge in [-0.05, 0) is 25.5 Å². The van der Waals surface area contributed by atoms with E-state index < -0.39 is 0 Å². The van der Waals surface area contributed by atoms with Crippen LogP contribution in [0.2, 0.25) is 0 Å². The second kappa shape index (κ2) is 5.15. The van der Waals surface area contributed by atoms with E-state index in [0.717, 1.165) is 19.3 Å². The van der Waals surface area contributed by atoms with Crippen LogP contribution in [0.15, 0.2) is 0 Å². The van der Waals surface area contributed by atoms with Crippen molar-refractivity contribution in [2.24, 2.45) is 23.2 Å². The van der Waals surface area contributed by atoms with Crippen LogP contribution in [0.1, 0.15) is 47.0 Å². The molecular formula is C17H26O4S. The second-order valence-corrected chi connectivity index (χ2v) is 9.67. The van der Waals surface area contributed by atoms with Crippen LogP contribution in [0.4, 0.5) is 0 Å². The minimum atomic E-state index is -0.257. The van der Waals surface area contributed by atoms with Gasteiger partial charge in [-0.15, -0.1) is 0 Å². The van der Waals surface area contributed by atoms with Crippen molar-refractivity contribution in [3.05, 3.63) is 0 Å². The van der Waals surface area contributed by atoms with E-state index in [2.05, 4.69) is 27.0 Å². The zero-order chi connectivity index (χ0) is 16.3. The van der Waals surface area contributed by atoms with Gasteiger partial charge in [0.25, 0.3) is 0 Å². The Bertz CT molecular complexity index is 503. The first-order valence-corrected chi connectivity index (χ1v) is 9.35. The molecule has 0 aromatic rings. The highest BCUT2D eigenvalue weighted by Gasteiger charge is 2.68. The van der Waals surface area contributed by atoms with Crippen molar-refractivity contribution >= 4 is 23.7 Å². The van der Waals surface area contributed by atoms with E-state index in [-0.39, 0.29) is 52.1 Å². The summed E-state index contributed by atoms with van der Waals surface area (Å²) in [6.45, 7) is 8.35. The fourth-order valence-corrected chi connectivity index (χ4v) is 5.02. The minimum Gasteiger partial charge on any atom is -0.458 e. The predicted molar refractivity (Wildman–Crippen MR) is 85.5 cm³/mol. The number of carbonyl (C=O) groups is 2. The minimum absolute atomic E-state index is 0.0396. The fraction of sp³-hybridized carbons (Fsp3) is 0.882. The van der Waals surface area contributed by atoms with Gasteiger partial charge in [0.1, 0.15) is 12.2 Å². The zero-order valence-electron chi connectivity index (χ0n) is 14.0. The molecule has 0 aromatic heterocycles. The maximum Gasteiger partial charge on any atom is 0.309 e. The van der Waals surface area contributed by atoms with Gasteiger partial charge in [0.05, 0.1) is 11.8 Å². The molecule has 2 aliphatic carbocycles. The van der Waals surface area contributed by atoms with Crippen molar-refractivity contribution in [3.8, 4) is 0 Å². The number of hydrogen-bond acceptors (Lipinski definition) is 5. The number of carbonyl (C=O) groups excluding carboxylic acids is 2. The number of ether oxygens (including phenoxy) is 2. The van der Waals surface area contributed by atoms with Crippen LogP contribution < -0.4 is 0 Å². The van der Waals surface area contributed by atoms with E-state index >= 15 is 0 Å². The lowest BCUT2D eigenvalue weighted by atomic mass is 9.79. The molecule has 3 aliphatic rings. The van der Waals surface area contributed by atoms with Crippen molar-refractivity contribution < 1.29 is 19.1 Å². The lowest BCUT2D eigenvalue weighted by Crippen LogP contribution is -2.42. The Morgan fingerprint density at radius 2 is 2.18 bits per heavy atom. The van der Waals surface area contributed by atoms with E-state index in [4.69, 9.17) is 9.47 Å². The van der Waals surface area contributed by atoms with Gasteiger partial charge in [-0.2, -0.15) is 11.8 Å². The first-order chi connectivity index (χ1) is 10.2. The molecule has 0 radical (unpaired) electrons. The third-order valence-electron chi connectivity index (χ3n) is 5.86. The van der Waals surface area contributed by atoms with E-state index in [1.165, 1.54) is 0 Å². The van der Waals surface area contributed by atoms with Crippen LogP contribution in [0, 0.1) is 23.2 Å². The smallest absolute Gasteiger partial charge is 0.309 e. The molecule has 0 amide bonds. The Hall–Kier alpha value is -0.710. The quantitative estimate of drug-likeness (QED) is 0.727. The molecule has 0 N–H and O–H groups in total. The largest absolute Gasteiger partial charge is 0.458 e. The van der Waals surface area contributed by atoms with E-state index in [0.29, 0.717) is 0 Å². The summed E-state index contributed by atoms with van der Waals surface area (Å²) in [7, 11) is 0. The lowest BCUT2D eigenvalue weighted by molar-refractivity contribution is -0.169. The van der Waals surface area contributed by atoms with Crippen molar-refractivity contribution in [2.75, 3.05) is 6.26 Å². The highest BCUT2D eigenvalue weighted by molar-refractivity contribution is 7.99. The molecular weight excluding hydrogens is 300 g/mol. The van der Waals surface area contributed by atoms with Gasteiger partial charge in [-0.3, -0.25) is 9.59 Å². The van der Waals surface area contributed by atoms with Crippen LogP contribution in [-0.2, 0) is 19.1 Å². The molecule has 0 spiro atoms. The third kappa shape index (κ3) is 2.45. The Kier molecular flexibility index (Phi) is 3.78. The molecule has 3 fully saturated rings. The standard InChI is InChI=1S/C17H26O4S/c1-9(6-16(2,3)22-5)14(18)21-13-12-10-7-17(13,4)8-11(10)15(19)20-12/h9-13H,6-8H2,1-5H3. The number of hydrogen-bond donors (Lipinski definition) is 0. The van der Waals surface area contributed by atoms with Gasteiger partial charge < -0.3 is 9.47 Å². The summed E-state index contributed by atoms with van der Waals surface area (Å²) in [6, 6.07) is 0. The van der Waals surface area contributed by atoms with Gasteiger partial charge in [0.15, 0.2) is 0 Å². The van der Waals surface area contributed by atoms with E-state index in [9.17, 15) is 9.59 Å². The van der Waals surface area contributed by atoms with E-state index in [1.807, 2.05) is 6.92 Å². The van der Waals surface area contributed by atoms with Gasteiger partial charge in [0, 0.05) is 16.1 Å². The zero-order valence-corrected chi connectivity index (χ0v) is 14.9. The van der Waals surface area contributed by atoms with Crippen LogP contribution >= 0.6 is 11.8 Å². The van der Waals surface area contributed by atoms with Gasteiger partial charge >= 0.3 is 11.9 Å². The molecule has 2 saturated carbocycles. The molecule has 22 heavy (non-hydrogen) atoms.